The predicted octanol–water partition coefficient (Wildman–Crippen LogP) is 2.91. The first kappa shape index (κ1) is 16.2. The maximum Gasteiger partial charge on any atom is 0.220 e. The summed E-state index contributed by atoms with van der Waals surface area (Å²) in [5.74, 6) is 0.248. The SMILES string of the molecule is O=C1CC2(CCN(C3CCN(c4cccc(Cl)c4)CC3)CC2)CN1. The van der Waals surface area contributed by atoms with Gasteiger partial charge in [-0.2, -0.15) is 0 Å². The van der Waals surface area contributed by atoms with E-state index >= 15 is 0 Å². The summed E-state index contributed by atoms with van der Waals surface area (Å²) in [5.41, 5.74) is 1.50. The van der Waals surface area contributed by atoms with Crippen molar-refractivity contribution in [3.63, 3.8) is 0 Å². The van der Waals surface area contributed by atoms with Crippen LogP contribution in [0.5, 0.6) is 0 Å². The molecule has 4 nitrogen and oxygen atoms in total. The summed E-state index contributed by atoms with van der Waals surface area (Å²) in [6.45, 7) is 5.40. The van der Waals surface area contributed by atoms with Crippen molar-refractivity contribution in [2.45, 2.75) is 38.1 Å². The van der Waals surface area contributed by atoms with Gasteiger partial charge in [0.1, 0.15) is 0 Å². The van der Waals surface area contributed by atoms with Crippen LogP contribution in [0.3, 0.4) is 0 Å². The van der Waals surface area contributed by atoms with Crippen LogP contribution in [0, 0.1) is 5.41 Å². The molecule has 3 heterocycles. The maximum absolute atomic E-state index is 11.6. The standard InChI is InChI=1S/C19H26ClN3O/c20-15-2-1-3-17(12-15)22-8-4-16(5-9-22)23-10-6-19(7-11-23)13-18(24)21-14-19/h1-3,12,16H,4-11,13-14H2,(H,21,24). The molecular formula is C19H26ClN3O. The Bertz CT molecular complexity index is 604. The van der Waals surface area contributed by atoms with Gasteiger partial charge in [-0.05, 0) is 62.4 Å². The predicted molar refractivity (Wildman–Crippen MR) is 97.6 cm³/mol. The molecule has 0 saturated carbocycles. The average Bonchev–Trinajstić information content (AvgIpc) is 2.96. The molecule has 1 N–H and O–H groups in total. The largest absolute Gasteiger partial charge is 0.371 e. The van der Waals surface area contributed by atoms with Crippen LogP contribution in [0.1, 0.15) is 32.1 Å². The summed E-state index contributed by atoms with van der Waals surface area (Å²) in [6, 6.07) is 8.88. The van der Waals surface area contributed by atoms with E-state index in [4.69, 9.17) is 11.6 Å². The number of benzene rings is 1. The Morgan fingerprint density at radius 1 is 1.12 bits per heavy atom. The van der Waals surface area contributed by atoms with E-state index < -0.39 is 0 Å². The number of amides is 1. The molecule has 4 rings (SSSR count). The van der Waals surface area contributed by atoms with Gasteiger partial charge in [-0.1, -0.05) is 17.7 Å². The molecule has 24 heavy (non-hydrogen) atoms. The molecule has 0 atom stereocenters. The number of likely N-dealkylation sites (tertiary alicyclic amines) is 1. The zero-order valence-corrected chi connectivity index (χ0v) is 14.9. The Morgan fingerprint density at radius 3 is 2.50 bits per heavy atom. The van der Waals surface area contributed by atoms with Gasteiger partial charge >= 0.3 is 0 Å². The molecule has 1 spiro atoms. The molecular weight excluding hydrogens is 322 g/mol. The number of piperidine rings is 2. The second-order valence-corrected chi connectivity index (χ2v) is 8.12. The fourth-order valence-corrected chi connectivity index (χ4v) is 4.82. The van der Waals surface area contributed by atoms with Crippen molar-refractivity contribution in [2.24, 2.45) is 5.41 Å². The molecule has 3 aliphatic heterocycles. The first-order valence-electron chi connectivity index (χ1n) is 9.15. The Labute approximate surface area is 149 Å². The van der Waals surface area contributed by atoms with Crippen molar-refractivity contribution in [1.82, 2.24) is 10.2 Å². The quantitative estimate of drug-likeness (QED) is 0.893. The van der Waals surface area contributed by atoms with Crippen LogP contribution in [-0.2, 0) is 4.79 Å². The minimum atomic E-state index is 0.248. The van der Waals surface area contributed by atoms with E-state index in [-0.39, 0.29) is 11.3 Å². The Balaban J connectivity index is 1.30. The van der Waals surface area contributed by atoms with Crippen molar-refractivity contribution >= 4 is 23.2 Å². The van der Waals surface area contributed by atoms with Gasteiger partial charge in [0, 0.05) is 42.8 Å². The van der Waals surface area contributed by atoms with Crippen LogP contribution in [0.4, 0.5) is 5.69 Å². The smallest absolute Gasteiger partial charge is 0.220 e. The lowest BCUT2D eigenvalue weighted by Crippen LogP contribution is -2.50. The molecule has 3 fully saturated rings. The topological polar surface area (TPSA) is 35.6 Å². The molecule has 130 valence electrons. The molecule has 1 aromatic rings. The van der Waals surface area contributed by atoms with Gasteiger partial charge in [0.15, 0.2) is 0 Å². The van der Waals surface area contributed by atoms with Crippen molar-refractivity contribution in [1.29, 1.82) is 0 Å². The molecule has 0 radical (unpaired) electrons. The normalized spacial score (nSPS) is 25.2. The van der Waals surface area contributed by atoms with E-state index in [0.717, 1.165) is 44.2 Å². The molecule has 0 bridgehead atoms. The zero-order chi connectivity index (χ0) is 16.6. The van der Waals surface area contributed by atoms with Crippen LogP contribution in [0.2, 0.25) is 5.02 Å². The van der Waals surface area contributed by atoms with Crippen LogP contribution in [-0.4, -0.2) is 49.6 Å². The summed E-state index contributed by atoms with van der Waals surface area (Å²) >= 11 is 6.12. The number of halogens is 1. The summed E-state index contributed by atoms with van der Waals surface area (Å²) in [5, 5.41) is 3.84. The van der Waals surface area contributed by atoms with Gasteiger partial charge in [-0.3, -0.25) is 4.79 Å². The van der Waals surface area contributed by atoms with Gasteiger partial charge in [-0.25, -0.2) is 0 Å². The van der Waals surface area contributed by atoms with E-state index in [2.05, 4.69) is 27.2 Å². The van der Waals surface area contributed by atoms with E-state index in [1.165, 1.54) is 31.4 Å². The van der Waals surface area contributed by atoms with Crippen molar-refractivity contribution < 1.29 is 4.79 Å². The lowest BCUT2D eigenvalue weighted by molar-refractivity contribution is -0.119. The summed E-state index contributed by atoms with van der Waals surface area (Å²) in [6.07, 6.45) is 5.52. The second-order valence-electron chi connectivity index (χ2n) is 7.69. The fourth-order valence-electron chi connectivity index (χ4n) is 4.63. The van der Waals surface area contributed by atoms with Crippen LogP contribution in [0.25, 0.3) is 0 Å². The highest BCUT2D eigenvalue weighted by Gasteiger charge is 2.42. The number of hydrogen-bond acceptors (Lipinski definition) is 3. The summed E-state index contributed by atoms with van der Waals surface area (Å²) < 4.78 is 0. The van der Waals surface area contributed by atoms with E-state index in [1.54, 1.807) is 0 Å². The minimum absolute atomic E-state index is 0.248. The molecule has 3 saturated heterocycles. The third-order valence-electron chi connectivity index (χ3n) is 6.21. The van der Waals surface area contributed by atoms with Crippen molar-refractivity contribution in [2.75, 3.05) is 37.6 Å². The second kappa shape index (κ2) is 6.57. The molecule has 0 unspecified atom stereocenters. The maximum atomic E-state index is 11.6. The highest BCUT2D eigenvalue weighted by Crippen LogP contribution is 2.38. The molecule has 1 amide bonds. The fraction of sp³-hybridized carbons (Fsp3) is 0.632. The van der Waals surface area contributed by atoms with Gasteiger partial charge in [0.2, 0.25) is 5.91 Å². The molecule has 1 aromatic carbocycles. The number of carbonyl (C=O) groups excluding carboxylic acids is 1. The summed E-state index contributed by atoms with van der Waals surface area (Å²) in [4.78, 5) is 16.7. The molecule has 0 aliphatic carbocycles. The summed E-state index contributed by atoms with van der Waals surface area (Å²) in [7, 11) is 0. The minimum Gasteiger partial charge on any atom is -0.371 e. The number of nitrogens with one attached hydrogen (secondary N) is 1. The van der Waals surface area contributed by atoms with Gasteiger partial charge < -0.3 is 15.1 Å². The third kappa shape index (κ3) is 3.27. The highest BCUT2D eigenvalue weighted by atomic mass is 35.5. The van der Waals surface area contributed by atoms with E-state index in [0.29, 0.717) is 6.04 Å². The molecule has 3 aliphatic rings. The van der Waals surface area contributed by atoms with E-state index in [1.807, 2.05) is 12.1 Å². The number of anilines is 1. The highest BCUT2D eigenvalue weighted by molar-refractivity contribution is 6.30. The molecule has 5 heteroatoms. The van der Waals surface area contributed by atoms with Gasteiger partial charge in [-0.15, -0.1) is 0 Å². The Hall–Kier alpha value is -1.26. The van der Waals surface area contributed by atoms with Gasteiger partial charge in [0.05, 0.1) is 0 Å². The van der Waals surface area contributed by atoms with Crippen LogP contribution in [0.15, 0.2) is 24.3 Å². The number of nitrogens with zero attached hydrogens (tertiary/aromatic N) is 2. The Morgan fingerprint density at radius 2 is 1.88 bits per heavy atom. The molecule has 0 aromatic heterocycles. The van der Waals surface area contributed by atoms with Crippen LogP contribution < -0.4 is 10.2 Å². The lowest BCUT2D eigenvalue weighted by atomic mass is 9.77. The first-order valence-corrected chi connectivity index (χ1v) is 9.53. The van der Waals surface area contributed by atoms with Crippen molar-refractivity contribution in [3.8, 4) is 0 Å². The van der Waals surface area contributed by atoms with Crippen molar-refractivity contribution in [3.05, 3.63) is 29.3 Å². The number of rotatable bonds is 2. The Kier molecular flexibility index (Phi) is 4.44. The zero-order valence-electron chi connectivity index (χ0n) is 14.1. The van der Waals surface area contributed by atoms with Crippen LogP contribution >= 0.6 is 11.6 Å². The number of carbonyl (C=O) groups is 1. The lowest BCUT2D eigenvalue weighted by Gasteiger charge is -2.45. The monoisotopic (exact) mass is 347 g/mol. The number of hydrogen-bond donors (Lipinski definition) is 1. The van der Waals surface area contributed by atoms with Gasteiger partial charge in [0.25, 0.3) is 0 Å². The average molecular weight is 348 g/mol. The third-order valence-corrected chi connectivity index (χ3v) is 6.44. The van der Waals surface area contributed by atoms with E-state index in [9.17, 15) is 4.79 Å². The first-order chi connectivity index (χ1) is 11.6.